The first-order valence-electron chi connectivity index (χ1n) is 5.92. The number of aryl methyl sites for hydroxylation is 1. The maximum absolute atomic E-state index is 11.7. The summed E-state index contributed by atoms with van der Waals surface area (Å²) in [5.41, 5.74) is 3.59. The van der Waals surface area contributed by atoms with Gasteiger partial charge < -0.3 is 5.11 Å². The third kappa shape index (κ3) is 2.97. The molecule has 1 amide bonds. The Labute approximate surface area is 101 Å². The second kappa shape index (κ2) is 5.19. The molecule has 1 aliphatic carbocycles. The van der Waals surface area contributed by atoms with Crippen molar-refractivity contribution in [1.82, 2.24) is 5.48 Å². The smallest absolute Gasteiger partial charge is 0.274 e. The molecule has 0 radical (unpaired) electrons. The quantitative estimate of drug-likeness (QED) is 0.790. The summed E-state index contributed by atoms with van der Waals surface area (Å²) in [4.78, 5) is 17.0. The van der Waals surface area contributed by atoms with E-state index in [0.29, 0.717) is 5.56 Å². The predicted molar refractivity (Wildman–Crippen MR) is 63.7 cm³/mol. The van der Waals surface area contributed by atoms with Crippen LogP contribution in [0.5, 0.6) is 5.75 Å². The number of hydrogen-bond donors (Lipinski definition) is 2. The number of hydroxylamine groups is 1. The summed E-state index contributed by atoms with van der Waals surface area (Å²) in [5.74, 6) is -0.189. The van der Waals surface area contributed by atoms with Crippen molar-refractivity contribution in [3.63, 3.8) is 0 Å². The number of benzene rings is 1. The van der Waals surface area contributed by atoms with Crippen molar-refractivity contribution in [3.8, 4) is 5.75 Å². The van der Waals surface area contributed by atoms with E-state index in [-0.39, 0.29) is 17.8 Å². The van der Waals surface area contributed by atoms with E-state index in [4.69, 9.17) is 4.84 Å². The fourth-order valence-electron chi connectivity index (χ4n) is 1.95. The van der Waals surface area contributed by atoms with Crippen LogP contribution >= 0.6 is 0 Å². The second-order valence-corrected chi connectivity index (χ2v) is 4.46. The lowest BCUT2D eigenvalue weighted by Crippen LogP contribution is -2.28. The summed E-state index contributed by atoms with van der Waals surface area (Å²) in [6.07, 6.45) is 4.45. The van der Waals surface area contributed by atoms with E-state index < -0.39 is 0 Å². The number of phenolic OH excluding ortho intramolecular Hbond substituents is 1. The van der Waals surface area contributed by atoms with Crippen molar-refractivity contribution in [2.45, 2.75) is 38.7 Å². The van der Waals surface area contributed by atoms with Crippen LogP contribution in [0.1, 0.15) is 41.6 Å². The summed E-state index contributed by atoms with van der Waals surface area (Å²) in [5, 5.41) is 9.51. The van der Waals surface area contributed by atoms with Crippen LogP contribution in [-0.2, 0) is 4.84 Å². The molecular weight excluding hydrogens is 218 g/mol. The van der Waals surface area contributed by atoms with Gasteiger partial charge >= 0.3 is 0 Å². The molecule has 92 valence electrons. The van der Waals surface area contributed by atoms with Gasteiger partial charge in [-0.05, 0) is 37.5 Å². The molecule has 0 unspecified atom stereocenters. The molecule has 0 heterocycles. The first kappa shape index (κ1) is 11.9. The number of amides is 1. The van der Waals surface area contributed by atoms with Crippen LogP contribution in [0.3, 0.4) is 0 Å². The summed E-state index contributed by atoms with van der Waals surface area (Å²) in [6, 6.07) is 4.82. The Morgan fingerprint density at radius 2 is 2.12 bits per heavy atom. The number of rotatable bonds is 3. The summed E-state index contributed by atoms with van der Waals surface area (Å²) in [6.45, 7) is 1.78. The van der Waals surface area contributed by atoms with Crippen molar-refractivity contribution in [2.24, 2.45) is 0 Å². The van der Waals surface area contributed by atoms with E-state index in [9.17, 15) is 9.90 Å². The minimum Gasteiger partial charge on any atom is -0.508 e. The molecule has 0 atom stereocenters. The lowest BCUT2D eigenvalue weighted by atomic mass is 10.1. The number of aromatic hydroxyl groups is 1. The van der Waals surface area contributed by atoms with Crippen LogP contribution in [0.15, 0.2) is 18.2 Å². The topological polar surface area (TPSA) is 58.6 Å². The standard InChI is InChI=1S/C13H17NO3/c1-9-6-7-10(8-12(9)15)13(16)14-17-11-4-2-3-5-11/h6-8,11,15H,2-5H2,1H3,(H,14,16). The highest BCUT2D eigenvalue weighted by Crippen LogP contribution is 2.20. The van der Waals surface area contributed by atoms with Gasteiger partial charge in [0.2, 0.25) is 0 Å². The van der Waals surface area contributed by atoms with Crippen LogP contribution in [-0.4, -0.2) is 17.1 Å². The monoisotopic (exact) mass is 235 g/mol. The highest BCUT2D eigenvalue weighted by atomic mass is 16.7. The fraction of sp³-hybridized carbons (Fsp3) is 0.462. The lowest BCUT2D eigenvalue weighted by Gasteiger charge is -2.11. The van der Waals surface area contributed by atoms with Crippen molar-refractivity contribution in [3.05, 3.63) is 29.3 Å². The first-order valence-corrected chi connectivity index (χ1v) is 5.92. The molecule has 0 aromatic heterocycles. The molecule has 0 spiro atoms. The Balaban J connectivity index is 1.92. The van der Waals surface area contributed by atoms with E-state index in [1.54, 1.807) is 19.1 Å². The maximum Gasteiger partial charge on any atom is 0.274 e. The van der Waals surface area contributed by atoms with Crippen molar-refractivity contribution >= 4 is 5.91 Å². The molecule has 4 heteroatoms. The van der Waals surface area contributed by atoms with Gasteiger partial charge in [-0.1, -0.05) is 18.9 Å². The molecule has 0 aliphatic heterocycles. The van der Waals surface area contributed by atoms with E-state index in [2.05, 4.69) is 5.48 Å². The average Bonchev–Trinajstić information content (AvgIpc) is 2.82. The Bertz CT molecular complexity index is 411. The third-order valence-corrected chi connectivity index (χ3v) is 3.09. The van der Waals surface area contributed by atoms with Gasteiger partial charge in [-0.25, -0.2) is 5.48 Å². The van der Waals surface area contributed by atoms with E-state index >= 15 is 0 Å². The average molecular weight is 235 g/mol. The Morgan fingerprint density at radius 3 is 2.76 bits per heavy atom. The largest absolute Gasteiger partial charge is 0.508 e. The molecule has 0 bridgehead atoms. The van der Waals surface area contributed by atoms with Gasteiger partial charge in [-0.3, -0.25) is 9.63 Å². The molecular formula is C13H17NO3. The van der Waals surface area contributed by atoms with Gasteiger partial charge in [0, 0.05) is 5.56 Å². The first-order chi connectivity index (χ1) is 8.16. The summed E-state index contributed by atoms with van der Waals surface area (Å²) >= 11 is 0. The Morgan fingerprint density at radius 1 is 1.41 bits per heavy atom. The fourth-order valence-corrected chi connectivity index (χ4v) is 1.95. The maximum atomic E-state index is 11.7. The van der Waals surface area contributed by atoms with Crippen LogP contribution in [0.4, 0.5) is 0 Å². The lowest BCUT2D eigenvalue weighted by molar-refractivity contribution is -0.0125. The van der Waals surface area contributed by atoms with E-state index in [1.807, 2.05) is 0 Å². The zero-order valence-electron chi connectivity index (χ0n) is 9.90. The summed E-state index contributed by atoms with van der Waals surface area (Å²) < 4.78 is 0. The summed E-state index contributed by atoms with van der Waals surface area (Å²) in [7, 11) is 0. The highest BCUT2D eigenvalue weighted by molar-refractivity contribution is 5.93. The predicted octanol–water partition coefficient (Wildman–Crippen LogP) is 2.30. The van der Waals surface area contributed by atoms with E-state index in [0.717, 1.165) is 31.2 Å². The molecule has 0 saturated heterocycles. The minimum atomic E-state index is -0.313. The van der Waals surface area contributed by atoms with Crippen LogP contribution < -0.4 is 5.48 Å². The minimum absolute atomic E-state index is 0.124. The van der Waals surface area contributed by atoms with Crippen molar-refractivity contribution < 1.29 is 14.7 Å². The van der Waals surface area contributed by atoms with Gasteiger partial charge in [0.1, 0.15) is 5.75 Å². The number of nitrogens with one attached hydrogen (secondary N) is 1. The van der Waals surface area contributed by atoms with Crippen LogP contribution in [0.25, 0.3) is 0 Å². The van der Waals surface area contributed by atoms with Crippen LogP contribution in [0, 0.1) is 6.92 Å². The third-order valence-electron chi connectivity index (χ3n) is 3.09. The molecule has 4 nitrogen and oxygen atoms in total. The zero-order chi connectivity index (χ0) is 12.3. The SMILES string of the molecule is Cc1ccc(C(=O)NOC2CCCC2)cc1O. The van der Waals surface area contributed by atoms with Gasteiger partial charge in [0.25, 0.3) is 5.91 Å². The number of carbonyl (C=O) groups is 1. The Kier molecular flexibility index (Phi) is 3.64. The number of hydrogen-bond acceptors (Lipinski definition) is 3. The normalized spacial score (nSPS) is 16.1. The second-order valence-electron chi connectivity index (χ2n) is 4.46. The van der Waals surface area contributed by atoms with Gasteiger partial charge in [-0.2, -0.15) is 0 Å². The molecule has 1 saturated carbocycles. The van der Waals surface area contributed by atoms with Gasteiger partial charge in [0.15, 0.2) is 0 Å². The van der Waals surface area contributed by atoms with Crippen LogP contribution in [0.2, 0.25) is 0 Å². The molecule has 1 aromatic carbocycles. The van der Waals surface area contributed by atoms with Gasteiger partial charge in [-0.15, -0.1) is 0 Å². The number of phenols is 1. The van der Waals surface area contributed by atoms with Gasteiger partial charge in [0.05, 0.1) is 6.10 Å². The zero-order valence-corrected chi connectivity index (χ0v) is 9.90. The highest BCUT2D eigenvalue weighted by Gasteiger charge is 2.17. The molecule has 1 aliphatic rings. The molecule has 2 N–H and O–H groups in total. The van der Waals surface area contributed by atoms with Crippen molar-refractivity contribution in [1.29, 1.82) is 0 Å². The Hall–Kier alpha value is -1.55. The molecule has 1 aromatic rings. The van der Waals surface area contributed by atoms with Crippen molar-refractivity contribution in [2.75, 3.05) is 0 Å². The molecule has 17 heavy (non-hydrogen) atoms. The molecule has 1 fully saturated rings. The molecule has 2 rings (SSSR count). The van der Waals surface area contributed by atoms with E-state index in [1.165, 1.54) is 6.07 Å². The number of carbonyl (C=O) groups excluding carboxylic acids is 1.